The molecule has 3 N–H and O–H groups in total. The minimum absolute atomic E-state index is 0.0138. The van der Waals surface area contributed by atoms with Crippen LogP contribution in [-0.4, -0.2) is 38.1 Å². The minimum atomic E-state index is -0.0138. The standard InChI is InChI=1S/C16H24N4O2/c1-12(2)10-19-16(17)18-8-5-9-20-13-6-3-4-7-14(13)22-11-15(20)21/h3-4,6-7,12H,5,8-11H2,1-2H3,(H3,17,18,19). The van der Waals surface area contributed by atoms with Crippen LogP contribution in [0.3, 0.4) is 0 Å². The Balaban J connectivity index is 1.82. The molecule has 0 spiro atoms. The number of hydrogen-bond donors (Lipinski definition) is 2. The van der Waals surface area contributed by atoms with Crippen molar-refractivity contribution >= 4 is 17.6 Å². The Morgan fingerprint density at radius 1 is 1.45 bits per heavy atom. The summed E-state index contributed by atoms with van der Waals surface area (Å²) in [6, 6.07) is 7.59. The topological polar surface area (TPSA) is 80.0 Å². The summed E-state index contributed by atoms with van der Waals surface area (Å²) in [6.07, 6.45) is 0.790. The number of benzene rings is 1. The van der Waals surface area contributed by atoms with E-state index in [-0.39, 0.29) is 12.5 Å². The van der Waals surface area contributed by atoms with Gasteiger partial charge in [-0.2, -0.15) is 0 Å². The second kappa shape index (κ2) is 7.68. The number of nitrogens with two attached hydrogens (primary N) is 1. The third-order valence-corrected chi connectivity index (χ3v) is 3.30. The molecule has 120 valence electrons. The number of carbonyl (C=O) groups excluding carboxylic acids is 1. The zero-order valence-corrected chi connectivity index (χ0v) is 13.2. The Morgan fingerprint density at radius 3 is 3.00 bits per heavy atom. The zero-order chi connectivity index (χ0) is 15.9. The lowest BCUT2D eigenvalue weighted by Crippen LogP contribution is -2.41. The third-order valence-electron chi connectivity index (χ3n) is 3.30. The minimum Gasteiger partial charge on any atom is -0.482 e. The van der Waals surface area contributed by atoms with Gasteiger partial charge in [0.05, 0.1) is 5.69 Å². The molecular weight excluding hydrogens is 280 g/mol. The van der Waals surface area contributed by atoms with Crippen molar-refractivity contribution in [1.82, 2.24) is 5.32 Å². The van der Waals surface area contributed by atoms with Crippen molar-refractivity contribution < 1.29 is 9.53 Å². The highest BCUT2D eigenvalue weighted by molar-refractivity contribution is 5.97. The maximum atomic E-state index is 12.0. The van der Waals surface area contributed by atoms with Crippen molar-refractivity contribution in [3.63, 3.8) is 0 Å². The normalized spacial score (nSPS) is 14.8. The first-order valence-electron chi connectivity index (χ1n) is 7.64. The molecule has 1 aliphatic heterocycles. The predicted molar refractivity (Wildman–Crippen MR) is 88.2 cm³/mol. The van der Waals surface area contributed by atoms with Crippen LogP contribution in [0.25, 0.3) is 0 Å². The van der Waals surface area contributed by atoms with E-state index in [1.165, 1.54) is 0 Å². The number of para-hydroxylation sites is 2. The van der Waals surface area contributed by atoms with E-state index in [4.69, 9.17) is 10.5 Å². The fourth-order valence-electron chi connectivity index (χ4n) is 2.19. The summed E-state index contributed by atoms with van der Waals surface area (Å²) in [7, 11) is 0. The van der Waals surface area contributed by atoms with Crippen LogP contribution in [-0.2, 0) is 4.79 Å². The van der Waals surface area contributed by atoms with Crippen molar-refractivity contribution in [2.45, 2.75) is 20.3 Å². The van der Waals surface area contributed by atoms with Gasteiger partial charge in [0.25, 0.3) is 5.91 Å². The van der Waals surface area contributed by atoms with Crippen molar-refractivity contribution in [1.29, 1.82) is 0 Å². The molecule has 0 bridgehead atoms. The molecule has 1 aromatic carbocycles. The molecule has 6 heteroatoms. The Labute approximate surface area is 131 Å². The summed E-state index contributed by atoms with van der Waals surface area (Å²) in [6.45, 7) is 6.32. The average Bonchev–Trinajstić information content (AvgIpc) is 2.51. The van der Waals surface area contributed by atoms with Crippen LogP contribution in [0.4, 0.5) is 5.69 Å². The van der Waals surface area contributed by atoms with E-state index in [0.29, 0.717) is 31.5 Å². The highest BCUT2D eigenvalue weighted by atomic mass is 16.5. The molecule has 1 aliphatic rings. The maximum Gasteiger partial charge on any atom is 0.265 e. The number of nitrogens with zero attached hydrogens (tertiary/aromatic N) is 2. The number of rotatable bonds is 6. The Morgan fingerprint density at radius 2 is 2.23 bits per heavy atom. The molecule has 1 amide bonds. The van der Waals surface area contributed by atoms with Gasteiger partial charge in [-0.05, 0) is 24.5 Å². The fourth-order valence-corrected chi connectivity index (χ4v) is 2.19. The summed E-state index contributed by atoms with van der Waals surface area (Å²) >= 11 is 0. The summed E-state index contributed by atoms with van der Waals surface area (Å²) in [4.78, 5) is 18.0. The monoisotopic (exact) mass is 304 g/mol. The fraction of sp³-hybridized carbons (Fsp3) is 0.500. The largest absolute Gasteiger partial charge is 0.482 e. The SMILES string of the molecule is CC(C)CN=C(N)NCCCN1C(=O)COc2ccccc21. The first-order chi connectivity index (χ1) is 10.6. The van der Waals surface area contributed by atoms with E-state index >= 15 is 0 Å². The molecule has 0 saturated carbocycles. The van der Waals surface area contributed by atoms with Crippen LogP contribution in [0.1, 0.15) is 20.3 Å². The molecule has 22 heavy (non-hydrogen) atoms. The number of carbonyl (C=O) groups is 1. The average molecular weight is 304 g/mol. The van der Waals surface area contributed by atoms with Gasteiger partial charge in [0.1, 0.15) is 5.75 Å². The van der Waals surface area contributed by atoms with Gasteiger partial charge >= 0.3 is 0 Å². The second-order valence-corrected chi connectivity index (χ2v) is 5.70. The van der Waals surface area contributed by atoms with Gasteiger partial charge in [0, 0.05) is 19.6 Å². The van der Waals surface area contributed by atoms with Crippen LogP contribution in [0.5, 0.6) is 5.75 Å². The van der Waals surface area contributed by atoms with Crippen LogP contribution >= 0.6 is 0 Å². The molecule has 2 rings (SSSR count). The van der Waals surface area contributed by atoms with Gasteiger partial charge in [-0.1, -0.05) is 26.0 Å². The number of anilines is 1. The number of guanidine groups is 1. The number of aliphatic imine (C=N–C) groups is 1. The zero-order valence-electron chi connectivity index (χ0n) is 13.2. The summed E-state index contributed by atoms with van der Waals surface area (Å²) < 4.78 is 5.42. The van der Waals surface area contributed by atoms with Crippen LogP contribution in [0.15, 0.2) is 29.3 Å². The van der Waals surface area contributed by atoms with Crippen molar-refractivity contribution in [3.05, 3.63) is 24.3 Å². The van der Waals surface area contributed by atoms with Gasteiger partial charge in [-0.25, -0.2) is 0 Å². The first-order valence-corrected chi connectivity index (χ1v) is 7.64. The molecule has 6 nitrogen and oxygen atoms in total. The molecule has 0 unspecified atom stereocenters. The van der Waals surface area contributed by atoms with Crippen molar-refractivity contribution in [2.75, 3.05) is 31.1 Å². The summed E-state index contributed by atoms with van der Waals surface area (Å²) in [5.74, 6) is 1.69. The molecule has 0 fully saturated rings. The number of hydrogen-bond acceptors (Lipinski definition) is 3. The molecule has 1 aromatic rings. The van der Waals surface area contributed by atoms with Gasteiger partial charge in [0.2, 0.25) is 0 Å². The molecule has 0 atom stereocenters. The first kappa shape index (κ1) is 16.1. The van der Waals surface area contributed by atoms with E-state index in [1.54, 1.807) is 4.90 Å². The van der Waals surface area contributed by atoms with E-state index in [9.17, 15) is 4.79 Å². The van der Waals surface area contributed by atoms with Gasteiger partial charge in [-0.15, -0.1) is 0 Å². The molecule has 0 saturated heterocycles. The lowest BCUT2D eigenvalue weighted by molar-refractivity contribution is -0.121. The Bertz CT molecular complexity index is 543. The third kappa shape index (κ3) is 4.38. The summed E-state index contributed by atoms with van der Waals surface area (Å²) in [5, 5.41) is 3.07. The lowest BCUT2D eigenvalue weighted by Gasteiger charge is -2.29. The number of amides is 1. The quantitative estimate of drug-likeness (QED) is 0.472. The van der Waals surface area contributed by atoms with E-state index in [2.05, 4.69) is 24.2 Å². The van der Waals surface area contributed by atoms with Crippen LogP contribution < -0.4 is 20.7 Å². The molecule has 1 heterocycles. The number of ether oxygens (including phenoxy) is 1. The molecule has 0 aliphatic carbocycles. The van der Waals surface area contributed by atoms with E-state index in [1.807, 2.05) is 24.3 Å². The number of fused-ring (bicyclic) bond motifs is 1. The highest BCUT2D eigenvalue weighted by Gasteiger charge is 2.24. The molecule has 0 aromatic heterocycles. The van der Waals surface area contributed by atoms with Crippen molar-refractivity contribution in [3.8, 4) is 5.75 Å². The molecular formula is C16H24N4O2. The Kier molecular flexibility index (Phi) is 5.63. The second-order valence-electron chi connectivity index (χ2n) is 5.70. The molecule has 0 radical (unpaired) electrons. The van der Waals surface area contributed by atoms with E-state index < -0.39 is 0 Å². The van der Waals surface area contributed by atoms with E-state index in [0.717, 1.165) is 17.9 Å². The van der Waals surface area contributed by atoms with Gasteiger partial charge in [-0.3, -0.25) is 9.79 Å². The summed E-state index contributed by atoms with van der Waals surface area (Å²) in [5.41, 5.74) is 6.62. The highest BCUT2D eigenvalue weighted by Crippen LogP contribution is 2.31. The van der Waals surface area contributed by atoms with Crippen LogP contribution in [0, 0.1) is 5.92 Å². The maximum absolute atomic E-state index is 12.0. The van der Waals surface area contributed by atoms with Gasteiger partial charge < -0.3 is 20.7 Å². The van der Waals surface area contributed by atoms with Crippen LogP contribution in [0.2, 0.25) is 0 Å². The van der Waals surface area contributed by atoms with Gasteiger partial charge in [0.15, 0.2) is 12.6 Å². The Hall–Kier alpha value is -2.24. The number of nitrogens with one attached hydrogen (secondary N) is 1. The van der Waals surface area contributed by atoms with Crippen molar-refractivity contribution in [2.24, 2.45) is 16.6 Å². The lowest BCUT2D eigenvalue weighted by atomic mass is 10.2. The predicted octanol–water partition coefficient (Wildman–Crippen LogP) is 1.36. The smallest absolute Gasteiger partial charge is 0.265 e.